The molecule has 5 heteroatoms. The third-order valence-corrected chi connectivity index (χ3v) is 2.50. The van der Waals surface area contributed by atoms with Gasteiger partial charge in [0.25, 0.3) is 0 Å². The van der Waals surface area contributed by atoms with Gasteiger partial charge >= 0.3 is 0 Å². The lowest BCUT2D eigenvalue weighted by Gasteiger charge is -2.13. The van der Waals surface area contributed by atoms with Crippen LogP contribution in [0, 0.1) is 20.8 Å². The average Bonchev–Trinajstić information content (AvgIpc) is 2.57. The van der Waals surface area contributed by atoms with Gasteiger partial charge in [-0.1, -0.05) is 0 Å². The fourth-order valence-electron chi connectivity index (χ4n) is 1.74. The number of hydrogen-bond donors (Lipinski definition) is 0. The van der Waals surface area contributed by atoms with Gasteiger partial charge in [0.2, 0.25) is 0 Å². The standard InChI is InChI=1S/C12H17N5/c1-8-6-9(2)17(15-8)12-7-11(16(4)5)13-10(3)14-12/h6-7H,1-5H3. The second kappa shape index (κ2) is 4.16. The number of anilines is 1. The monoisotopic (exact) mass is 231 g/mol. The molecule has 0 saturated heterocycles. The van der Waals surface area contributed by atoms with Gasteiger partial charge in [0.1, 0.15) is 11.6 Å². The van der Waals surface area contributed by atoms with Crippen molar-refractivity contribution in [2.24, 2.45) is 0 Å². The lowest BCUT2D eigenvalue weighted by molar-refractivity contribution is 0.790. The summed E-state index contributed by atoms with van der Waals surface area (Å²) in [6, 6.07) is 3.97. The van der Waals surface area contributed by atoms with Crippen molar-refractivity contribution in [1.82, 2.24) is 19.7 Å². The van der Waals surface area contributed by atoms with Crippen LogP contribution in [0.15, 0.2) is 12.1 Å². The Labute approximate surface area is 101 Å². The van der Waals surface area contributed by atoms with Gasteiger partial charge < -0.3 is 4.90 Å². The minimum absolute atomic E-state index is 0.749. The van der Waals surface area contributed by atoms with Crippen molar-refractivity contribution < 1.29 is 0 Å². The Bertz CT molecular complexity index is 542. The van der Waals surface area contributed by atoms with Crippen molar-refractivity contribution in [3.05, 3.63) is 29.3 Å². The maximum Gasteiger partial charge on any atom is 0.159 e. The Kier molecular flexibility index (Phi) is 2.83. The summed E-state index contributed by atoms with van der Waals surface area (Å²) in [6.45, 7) is 5.89. The molecule has 0 fully saturated rings. The number of aromatic nitrogens is 4. The molecule has 0 aromatic carbocycles. The molecule has 2 aromatic rings. The quantitative estimate of drug-likeness (QED) is 0.788. The number of nitrogens with zero attached hydrogens (tertiary/aromatic N) is 5. The van der Waals surface area contributed by atoms with Crippen molar-refractivity contribution in [3.63, 3.8) is 0 Å². The normalized spacial score (nSPS) is 10.6. The van der Waals surface area contributed by atoms with Crippen LogP contribution >= 0.6 is 0 Å². The first-order valence-electron chi connectivity index (χ1n) is 5.54. The third kappa shape index (κ3) is 2.27. The lowest BCUT2D eigenvalue weighted by atomic mass is 10.4. The second-order valence-corrected chi connectivity index (χ2v) is 4.36. The summed E-state index contributed by atoms with van der Waals surface area (Å²) < 4.78 is 1.84. The van der Waals surface area contributed by atoms with E-state index in [2.05, 4.69) is 15.1 Å². The van der Waals surface area contributed by atoms with E-state index in [1.807, 2.05) is 56.6 Å². The molecule has 0 saturated carbocycles. The molecule has 90 valence electrons. The molecule has 2 aromatic heterocycles. The predicted octanol–water partition coefficient (Wildman–Crippen LogP) is 1.65. The van der Waals surface area contributed by atoms with Crippen LogP contribution in [-0.2, 0) is 0 Å². The summed E-state index contributed by atoms with van der Waals surface area (Å²) >= 11 is 0. The van der Waals surface area contributed by atoms with Gasteiger partial charge in [0, 0.05) is 25.9 Å². The van der Waals surface area contributed by atoms with E-state index in [-0.39, 0.29) is 0 Å². The van der Waals surface area contributed by atoms with Crippen molar-refractivity contribution in [3.8, 4) is 5.82 Å². The highest BCUT2D eigenvalue weighted by Crippen LogP contribution is 2.15. The summed E-state index contributed by atoms with van der Waals surface area (Å²) in [5.74, 6) is 2.45. The molecule has 0 spiro atoms. The Balaban J connectivity index is 2.55. The zero-order valence-corrected chi connectivity index (χ0v) is 10.9. The highest BCUT2D eigenvalue weighted by atomic mass is 15.3. The van der Waals surface area contributed by atoms with Gasteiger partial charge in [0.05, 0.1) is 5.69 Å². The number of rotatable bonds is 2. The summed E-state index contributed by atoms with van der Waals surface area (Å²) in [5.41, 5.74) is 2.07. The zero-order valence-electron chi connectivity index (χ0n) is 10.9. The highest BCUT2D eigenvalue weighted by Gasteiger charge is 2.08. The van der Waals surface area contributed by atoms with E-state index >= 15 is 0 Å². The molecule has 0 unspecified atom stereocenters. The summed E-state index contributed by atoms with van der Waals surface area (Å²) in [7, 11) is 3.93. The molecule has 0 aliphatic rings. The molecule has 0 amide bonds. The predicted molar refractivity (Wildman–Crippen MR) is 67.7 cm³/mol. The first-order chi connectivity index (χ1) is 7.97. The fourth-order valence-corrected chi connectivity index (χ4v) is 1.74. The minimum Gasteiger partial charge on any atom is -0.363 e. The molecular weight excluding hydrogens is 214 g/mol. The van der Waals surface area contributed by atoms with Crippen molar-refractivity contribution >= 4 is 5.82 Å². The van der Waals surface area contributed by atoms with E-state index in [1.54, 1.807) is 0 Å². The van der Waals surface area contributed by atoms with E-state index in [9.17, 15) is 0 Å². The van der Waals surface area contributed by atoms with Crippen LogP contribution in [-0.4, -0.2) is 33.8 Å². The Morgan fingerprint density at radius 1 is 1.06 bits per heavy atom. The van der Waals surface area contributed by atoms with Gasteiger partial charge in [-0.2, -0.15) is 5.10 Å². The van der Waals surface area contributed by atoms with Crippen molar-refractivity contribution in [1.29, 1.82) is 0 Å². The molecule has 0 radical (unpaired) electrons. The molecule has 0 aliphatic heterocycles. The summed E-state index contributed by atoms with van der Waals surface area (Å²) in [6.07, 6.45) is 0. The number of hydrogen-bond acceptors (Lipinski definition) is 4. The smallest absolute Gasteiger partial charge is 0.159 e. The third-order valence-electron chi connectivity index (χ3n) is 2.50. The first-order valence-corrected chi connectivity index (χ1v) is 5.54. The SMILES string of the molecule is Cc1cc(C)n(-c2cc(N(C)C)nc(C)n2)n1. The Hall–Kier alpha value is -1.91. The van der Waals surface area contributed by atoms with Crippen molar-refractivity contribution in [2.75, 3.05) is 19.0 Å². The molecule has 0 atom stereocenters. The van der Waals surface area contributed by atoms with Gasteiger partial charge in [-0.05, 0) is 26.8 Å². The molecule has 2 rings (SSSR count). The van der Waals surface area contributed by atoms with Crippen LogP contribution in [0.4, 0.5) is 5.82 Å². The molecule has 5 nitrogen and oxygen atoms in total. The first kappa shape index (κ1) is 11.6. The molecule has 17 heavy (non-hydrogen) atoms. The molecule has 0 aliphatic carbocycles. The van der Waals surface area contributed by atoms with E-state index in [0.717, 1.165) is 28.8 Å². The van der Waals surface area contributed by atoms with Gasteiger partial charge in [-0.25, -0.2) is 14.6 Å². The van der Waals surface area contributed by atoms with Crippen LogP contribution < -0.4 is 4.90 Å². The van der Waals surface area contributed by atoms with Crippen LogP contribution in [0.1, 0.15) is 17.2 Å². The van der Waals surface area contributed by atoms with Crippen LogP contribution in [0.25, 0.3) is 5.82 Å². The molecule has 0 bridgehead atoms. The van der Waals surface area contributed by atoms with Gasteiger partial charge in [0.15, 0.2) is 5.82 Å². The molecule has 0 N–H and O–H groups in total. The lowest BCUT2D eigenvalue weighted by Crippen LogP contribution is -2.14. The van der Waals surface area contributed by atoms with Gasteiger partial charge in [-0.15, -0.1) is 0 Å². The summed E-state index contributed by atoms with van der Waals surface area (Å²) in [4.78, 5) is 10.8. The van der Waals surface area contributed by atoms with Crippen LogP contribution in [0.2, 0.25) is 0 Å². The van der Waals surface area contributed by atoms with E-state index in [1.165, 1.54) is 0 Å². The Morgan fingerprint density at radius 3 is 2.29 bits per heavy atom. The van der Waals surface area contributed by atoms with E-state index < -0.39 is 0 Å². The molecule has 2 heterocycles. The van der Waals surface area contributed by atoms with Crippen LogP contribution in [0.5, 0.6) is 0 Å². The van der Waals surface area contributed by atoms with Crippen LogP contribution in [0.3, 0.4) is 0 Å². The van der Waals surface area contributed by atoms with Crippen molar-refractivity contribution in [2.45, 2.75) is 20.8 Å². The molecular formula is C12H17N5. The van der Waals surface area contributed by atoms with E-state index in [4.69, 9.17) is 0 Å². The van der Waals surface area contributed by atoms with Gasteiger partial charge in [-0.3, -0.25) is 0 Å². The summed E-state index contributed by atoms with van der Waals surface area (Å²) in [5, 5.41) is 4.43. The largest absolute Gasteiger partial charge is 0.363 e. The Morgan fingerprint density at radius 2 is 1.76 bits per heavy atom. The minimum atomic E-state index is 0.749. The average molecular weight is 231 g/mol. The highest BCUT2D eigenvalue weighted by molar-refractivity contribution is 5.43. The maximum absolute atomic E-state index is 4.43. The fraction of sp³-hybridized carbons (Fsp3) is 0.417. The topological polar surface area (TPSA) is 46.8 Å². The number of aryl methyl sites for hydroxylation is 3. The second-order valence-electron chi connectivity index (χ2n) is 4.36. The zero-order chi connectivity index (χ0) is 12.6. The van der Waals surface area contributed by atoms with E-state index in [0.29, 0.717) is 0 Å². The maximum atomic E-state index is 4.43.